The van der Waals surface area contributed by atoms with Gasteiger partial charge in [0.05, 0.1) is 142 Å². The molecule has 16 aromatic heterocycles. The zero-order chi connectivity index (χ0) is 95.3. The van der Waals surface area contributed by atoms with Crippen LogP contribution in [-0.4, -0.2) is 225 Å². The summed E-state index contributed by atoms with van der Waals surface area (Å²) < 4.78 is 26.5. The molecule has 4 amide bonds. The quantitative estimate of drug-likeness (QED) is 0.0187. The lowest BCUT2D eigenvalue weighted by molar-refractivity contribution is -0.122. The second kappa shape index (κ2) is 44.6. The number of hydrogen-bond acceptors (Lipinski definition) is 33. The van der Waals surface area contributed by atoms with Gasteiger partial charge in [-0.05, 0) is 112 Å². The lowest BCUT2D eigenvalue weighted by Crippen LogP contribution is -2.33. The monoisotopic (exact) mass is 1920 g/mol. The van der Waals surface area contributed by atoms with Gasteiger partial charge >= 0.3 is 0 Å². The first-order valence-corrected chi connectivity index (χ1v) is 46.1. The molecule has 0 radical (unpaired) electrons. The molecule has 2 saturated carbocycles. The van der Waals surface area contributed by atoms with Crippen molar-refractivity contribution in [1.29, 1.82) is 0 Å². The van der Waals surface area contributed by atoms with E-state index in [1.807, 2.05) is 124 Å². The molecule has 2 unspecified atom stereocenters. The van der Waals surface area contributed by atoms with Gasteiger partial charge in [0.2, 0.25) is 0 Å². The zero-order valence-corrected chi connectivity index (χ0v) is 77.0. The second-order valence-corrected chi connectivity index (χ2v) is 34.3. The molecule has 16 heterocycles. The van der Waals surface area contributed by atoms with Crippen LogP contribution >= 0.6 is 45.3 Å². The van der Waals surface area contributed by atoms with E-state index in [9.17, 15) is 34.5 Å². The standard InChI is InChI=1S/2C26H25N7O3S.C20H20N8O2S.C18H16N8O2S.CH2O2/c2*1-17(34)12-33-15-22(24(31-33)21-5-3-4-10-27-21)29-25(35)23-16-37-26(30-23)19-11-28-32(14-19)13-18-6-8-20(36-2)9-7-18;1-2-30-14-6-13(7-14)28-10-15(17(27-28)18-21-4-3-5-22-18)25-19(29)16-11-31-20(26-16)12-8-23-24-9-12;27-12-3-11(4-12)26-8-14(16(25-26)13-7-19-1-2-20-13)23-17(28)15-9-29-18(24-15)10-5-21-22-6-10;2-1-3/h2*3-11,14-17,34H,12-13H2,1-2H3,(H,29,35);3-5,8-11,13-14H,2,6-7H2,1H3,(H,23,24)(H,25,29);1-2,5-9,11-12,27H,3-4H2,(H,21,22)(H,23,28);1H,(H,2,3). The molecule has 137 heavy (non-hydrogen) atoms. The van der Waals surface area contributed by atoms with E-state index in [4.69, 9.17) is 24.1 Å². The smallest absolute Gasteiger partial charge is 0.290 e. The number of rotatable bonds is 30. The molecular formula is C91H88N30O12S4. The molecule has 0 aliphatic heterocycles. The van der Waals surface area contributed by atoms with Crippen LogP contribution in [0.4, 0.5) is 22.7 Å². The molecule has 20 rings (SSSR count). The molecule has 18 aromatic rings. The van der Waals surface area contributed by atoms with Crippen molar-refractivity contribution in [3.8, 4) is 99.5 Å². The number of anilines is 4. The van der Waals surface area contributed by atoms with Crippen LogP contribution in [-0.2, 0) is 35.7 Å². The van der Waals surface area contributed by atoms with Gasteiger partial charge in [-0.2, -0.15) is 40.8 Å². The number of ether oxygens (including phenoxy) is 3. The molecular weight excluding hydrogens is 1830 g/mol. The first-order chi connectivity index (χ1) is 66.7. The molecule has 2 aliphatic rings. The van der Waals surface area contributed by atoms with Gasteiger partial charge in [-0.15, -0.1) is 45.3 Å². The Morgan fingerprint density at radius 2 is 0.869 bits per heavy atom. The van der Waals surface area contributed by atoms with E-state index in [0.29, 0.717) is 127 Å². The predicted octanol–water partition coefficient (Wildman–Crippen LogP) is 12.9. The van der Waals surface area contributed by atoms with Gasteiger partial charge in [-0.1, -0.05) is 36.4 Å². The van der Waals surface area contributed by atoms with Crippen LogP contribution in [0.25, 0.3) is 88.0 Å². The van der Waals surface area contributed by atoms with Crippen molar-refractivity contribution in [2.45, 2.75) is 109 Å². The number of aliphatic hydroxyl groups is 3. The van der Waals surface area contributed by atoms with Gasteiger partial charge in [0.1, 0.15) is 77.1 Å². The van der Waals surface area contributed by atoms with Crippen LogP contribution in [0.5, 0.6) is 11.5 Å². The minimum atomic E-state index is -0.591. The number of thiazole rings is 4. The summed E-state index contributed by atoms with van der Waals surface area (Å²) in [6.07, 6.45) is 34.2. The number of aromatic nitrogens is 26. The highest BCUT2D eigenvalue weighted by molar-refractivity contribution is 7.14. The Labute approximate surface area is 795 Å². The van der Waals surface area contributed by atoms with Gasteiger partial charge in [0, 0.05) is 137 Å². The molecule has 0 saturated heterocycles. The third kappa shape index (κ3) is 24.1. The fourth-order valence-electron chi connectivity index (χ4n) is 14.1. The van der Waals surface area contributed by atoms with E-state index < -0.39 is 12.2 Å². The number of pyridine rings is 2. The van der Waals surface area contributed by atoms with E-state index in [2.05, 4.69) is 122 Å². The SMILES string of the molecule is CCOC1CC(n2cc(NC(=O)c3csc(-c4cn[nH]c4)n3)c(-c3ncccn3)n2)C1.COc1ccc(Cn2cc(-c3nc(C(=O)Nc4cn(CC(C)O)nc4-c4ccccn4)cs3)cn2)cc1.COc1ccc(Cn2cc(-c3nc(C(=O)Nc4cn(CC(C)O)nc4-c4ccccn4)cs3)cn2)cc1.O=C(Nc1cn(C2CC(O)C2)nc1-c1cnccn1)c1csc(-c2cn[nH]c2)n1.O=CO. The molecule has 2 aliphatic carbocycles. The lowest BCUT2D eigenvalue weighted by Gasteiger charge is -2.34. The largest absolute Gasteiger partial charge is 0.497 e. The minimum Gasteiger partial charge on any atom is -0.497 e. The van der Waals surface area contributed by atoms with E-state index in [1.165, 1.54) is 45.3 Å². The van der Waals surface area contributed by atoms with Crippen molar-refractivity contribution in [3.63, 3.8) is 0 Å². The van der Waals surface area contributed by atoms with Crippen molar-refractivity contribution in [1.82, 2.24) is 129 Å². The third-order valence-electron chi connectivity index (χ3n) is 20.8. The Morgan fingerprint density at radius 1 is 0.467 bits per heavy atom. The predicted molar refractivity (Wildman–Crippen MR) is 510 cm³/mol. The van der Waals surface area contributed by atoms with Gasteiger partial charge in [-0.3, -0.25) is 82.2 Å². The minimum absolute atomic E-state index is 0.0954. The number of hydrogen-bond donors (Lipinski definition) is 10. The highest BCUT2D eigenvalue weighted by Gasteiger charge is 2.35. The zero-order valence-electron chi connectivity index (χ0n) is 73.8. The average Bonchev–Trinajstić information content (AvgIpc) is 1.65. The molecule has 2 aromatic carbocycles. The summed E-state index contributed by atoms with van der Waals surface area (Å²) in [6, 6.07) is 28.6. The lowest BCUT2D eigenvalue weighted by atomic mass is 9.89. The Bertz CT molecular complexity index is 6760. The highest BCUT2D eigenvalue weighted by atomic mass is 32.1. The number of benzene rings is 2. The molecule has 2 atom stereocenters. The fourth-order valence-corrected chi connectivity index (χ4v) is 17.2. The van der Waals surface area contributed by atoms with E-state index in [1.54, 1.807) is 169 Å². The van der Waals surface area contributed by atoms with Crippen LogP contribution in [0, 0.1) is 0 Å². The summed E-state index contributed by atoms with van der Waals surface area (Å²) in [6.45, 7) is 7.59. The van der Waals surface area contributed by atoms with E-state index in [-0.39, 0.29) is 78.9 Å². The summed E-state index contributed by atoms with van der Waals surface area (Å²) in [5, 5.41) is 97.8. The fraction of sp³-hybridized carbons (Fsp3) is 0.220. The van der Waals surface area contributed by atoms with Crippen molar-refractivity contribution >= 4 is 98.2 Å². The van der Waals surface area contributed by atoms with Gasteiger partial charge in [-0.25, -0.2) is 29.9 Å². The maximum absolute atomic E-state index is 13.1. The van der Waals surface area contributed by atoms with Crippen molar-refractivity contribution < 1.29 is 58.6 Å². The number of methoxy groups -OCH3 is 2. The van der Waals surface area contributed by atoms with Gasteiger partial charge in [0.25, 0.3) is 30.1 Å². The topological polar surface area (TPSA) is 535 Å². The molecule has 0 bridgehead atoms. The maximum Gasteiger partial charge on any atom is 0.290 e. The molecule has 42 nitrogen and oxygen atoms in total. The Hall–Kier alpha value is -16.1. The van der Waals surface area contributed by atoms with Crippen LogP contribution in [0.15, 0.2) is 230 Å². The number of nitrogens with one attached hydrogen (secondary N) is 6. The van der Waals surface area contributed by atoms with Crippen LogP contribution in [0.1, 0.15) is 112 Å². The van der Waals surface area contributed by atoms with Crippen molar-refractivity contribution in [2.75, 3.05) is 42.1 Å². The molecule has 2 fully saturated rings. The van der Waals surface area contributed by atoms with E-state index >= 15 is 0 Å². The van der Waals surface area contributed by atoms with Crippen LogP contribution < -0.4 is 30.7 Å². The summed E-state index contributed by atoms with van der Waals surface area (Å²) in [4.78, 5) is 104. The highest BCUT2D eigenvalue weighted by Crippen LogP contribution is 2.40. The number of carbonyl (C=O) groups excluding carboxylic acids is 4. The van der Waals surface area contributed by atoms with Crippen molar-refractivity contribution in [3.05, 3.63) is 264 Å². The first kappa shape index (κ1) is 94.1. The molecule has 46 heteroatoms. The number of carboxylic acid groups (broad SMARTS) is 1. The van der Waals surface area contributed by atoms with Crippen LogP contribution in [0.2, 0.25) is 0 Å². The normalized spacial score (nSPS) is 14.5. The molecule has 0 spiro atoms. The van der Waals surface area contributed by atoms with Crippen LogP contribution in [0.3, 0.4) is 0 Å². The van der Waals surface area contributed by atoms with Gasteiger partial charge in [0.15, 0.2) is 11.5 Å². The van der Waals surface area contributed by atoms with Crippen molar-refractivity contribution in [2.24, 2.45) is 0 Å². The number of aromatic amines is 2. The summed E-state index contributed by atoms with van der Waals surface area (Å²) in [5.74, 6) is 0.693. The first-order valence-electron chi connectivity index (χ1n) is 42.6. The number of carbonyl (C=O) groups is 5. The van der Waals surface area contributed by atoms with Gasteiger partial charge < -0.3 is 55.9 Å². The summed E-state index contributed by atoms with van der Waals surface area (Å²) in [5.41, 5.74) is 12.7. The van der Waals surface area contributed by atoms with E-state index in [0.717, 1.165) is 62.7 Å². The summed E-state index contributed by atoms with van der Waals surface area (Å²) >= 11 is 5.49. The Balaban J connectivity index is 0.000000131. The third-order valence-corrected chi connectivity index (χ3v) is 24.4. The molecule has 10 N–H and O–H groups in total. The average molecular weight is 1920 g/mol. The molecule has 698 valence electrons. The number of H-pyrrole nitrogens is 2. The number of aliphatic hydroxyl groups excluding tert-OH is 3. The second-order valence-electron chi connectivity index (χ2n) is 30.8. The Morgan fingerprint density at radius 3 is 1.26 bits per heavy atom. The number of amides is 4. The summed E-state index contributed by atoms with van der Waals surface area (Å²) in [7, 11) is 3.28. The Kier molecular flexibility index (Phi) is 30.6. The number of nitrogens with zero attached hydrogens (tertiary/aromatic N) is 24. The maximum atomic E-state index is 13.1.